The fraction of sp³-hybridized carbons (Fsp3) is 0.364. The van der Waals surface area contributed by atoms with Gasteiger partial charge >= 0.3 is 11.8 Å². The van der Waals surface area contributed by atoms with Crippen LogP contribution in [0.4, 0.5) is 5.69 Å². The van der Waals surface area contributed by atoms with Crippen molar-refractivity contribution in [2.75, 3.05) is 25.0 Å². The molecule has 1 fully saturated rings. The number of likely N-dealkylation sites (N-methyl/N-ethyl adjacent to an activating group) is 1. The van der Waals surface area contributed by atoms with Gasteiger partial charge in [0.15, 0.2) is 0 Å². The molecule has 0 radical (unpaired) electrons. The molecule has 0 spiro atoms. The molecule has 2 heterocycles. The van der Waals surface area contributed by atoms with E-state index in [0.29, 0.717) is 6.54 Å². The third kappa shape index (κ3) is 5.64. The number of rotatable bonds is 7. The Labute approximate surface area is 176 Å². The highest BCUT2D eigenvalue weighted by molar-refractivity contribution is 6.40. The molecule has 0 saturated carbocycles. The first-order valence-corrected chi connectivity index (χ1v) is 10.2. The molecule has 1 atom stereocenters. The summed E-state index contributed by atoms with van der Waals surface area (Å²) in [6.07, 6.45) is 3.76. The minimum absolute atomic E-state index is 0.261. The summed E-state index contributed by atoms with van der Waals surface area (Å²) in [7, 11) is 0. The minimum Gasteiger partial charge on any atom is -0.346 e. The number of anilines is 1. The van der Waals surface area contributed by atoms with Crippen LogP contribution in [-0.2, 0) is 16.1 Å². The van der Waals surface area contributed by atoms with Gasteiger partial charge in [0.05, 0.1) is 23.5 Å². The third-order valence-electron chi connectivity index (χ3n) is 5.19. The van der Waals surface area contributed by atoms with Crippen LogP contribution in [0.15, 0.2) is 48.7 Å². The van der Waals surface area contributed by atoms with Crippen molar-refractivity contribution in [3.63, 3.8) is 0 Å². The number of carbonyl (C=O) groups is 3. The molecule has 1 saturated heterocycles. The van der Waals surface area contributed by atoms with Gasteiger partial charge in [0.1, 0.15) is 0 Å². The van der Waals surface area contributed by atoms with E-state index in [0.717, 1.165) is 31.6 Å². The molecule has 158 valence electrons. The summed E-state index contributed by atoms with van der Waals surface area (Å²) >= 11 is 0. The molecule has 1 aliphatic rings. The minimum atomic E-state index is -0.791. The molecular formula is C22H27N5O3. The van der Waals surface area contributed by atoms with E-state index in [2.05, 4.69) is 32.8 Å². The van der Waals surface area contributed by atoms with Crippen LogP contribution in [0.5, 0.6) is 0 Å². The van der Waals surface area contributed by atoms with Crippen LogP contribution in [0.25, 0.3) is 0 Å². The average Bonchev–Trinajstić information content (AvgIpc) is 3.24. The van der Waals surface area contributed by atoms with Gasteiger partial charge in [0.2, 0.25) is 0 Å². The normalized spacial score (nSPS) is 16.1. The molecule has 3 N–H and O–H groups in total. The first-order chi connectivity index (χ1) is 14.6. The maximum absolute atomic E-state index is 12.6. The predicted octanol–water partition coefficient (Wildman–Crippen LogP) is 1.55. The van der Waals surface area contributed by atoms with Crippen molar-refractivity contribution in [1.82, 2.24) is 20.5 Å². The zero-order valence-corrected chi connectivity index (χ0v) is 17.1. The van der Waals surface area contributed by atoms with E-state index in [1.54, 1.807) is 36.5 Å². The van der Waals surface area contributed by atoms with Gasteiger partial charge in [0, 0.05) is 18.8 Å². The van der Waals surface area contributed by atoms with Crippen LogP contribution in [0.3, 0.4) is 0 Å². The smallest absolute Gasteiger partial charge is 0.313 e. The van der Waals surface area contributed by atoms with Gasteiger partial charge in [-0.25, -0.2) is 0 Å². The van der Waals surface area contributed by atoms with Crippen LogP contribution in [0.2, 0.25) is 0 Å². The molecular weight excluding hydrogens is 382 g/mol. The predicted molar refractivity (Wildman–Crippen MR) is 114 cm³/mol. The SMILES string of the molecule is CCN1CCCC1CNC(=O)C(=O)Nc1ccccc1C(=O)NCc1ccccn1. The number of pyridine rings is 1. The van der Waals surface area contributed by atoms with E-state index in [1.807, 2.05) is 12.1 Å². The summed E-state index contributed by atoms with van der Waals surface area (Å²) in [5.41, 5.74) is 1.29. The quantitative estimate of drug-likeness (QED) is 0.602. The number of nitrogens with one attached hydrogen (secondary N) is 3. The van der Waals surface area contributed by atoms with Gasteiger partial charge in [-0.2, -0.15) is 0 Å². The zero-order chi connectivity index (χ0) is 21.3. The lowest BCUT2D eigenvalue weighted by Crippen LogP contribution is -2.43. The third-order valence-corrected chi connectivity index (χ3v) is 5.19. The Morgan fingerprint density at radius 2 is 1.87 bits per heavy atom. The van der Waals surface area contributed by atoms with Crippen molar-refractivity contribution in [1.29, 1.82) is 0 Å². The maximum atomic E-state index is 12.6. The number of nitrogens with zero attached hydrogens (tertiary/aromatic N) is 2. The fourth-order valence-electron chi connectivity index (χ4n) is 3.57. The summed E-state index contributed by atoms with van der Waals surface area (Å²) in [6.45, 7) is 4.73. The Morgan fingerprint density at radius 1 is 1.07 bits per heavy atom. The van der Waals surface area contributed by atoms with E-state index in [-0.39, 0.29) is 29.7 Å². The van der Waals surface area contributed by atoms with E-state index >= 15 is 0 Å². The summed E-state index contributed by atoms with van der Waals surface area (Å²) in [5, 5.41) is 8.02. The van der Waals surface area contributed by atoms with Crippen LogP contribution in [-0.4, -0.2) is 53.3 Å². The highest BCUT2D eigenvalue weighted by atomic mass is 16.2. The highest BCUT2D eigenvalue weighted by Gasteiger charge is 2.25. The second-order valence-corrected chi connectivity index (χ2v) is 7.14. The largest absolute Gasteiger partial charge is 0.346 e. The maximum Gasteiger partial charge on any atom is 0.313 e. The molecule has 3 rings (SSSR count). The van der Waals surface area contributed by atoms with Crippen molar-refractivity contribution in [2.45, 2.75) is 32.4 Å². The first kappa shape index (κ1) is 21.4. The Hall–Kier alpha value is -3.26. The molecule has 1 unspecified atom stereocenters. The van der Waals surface area contributed by atoms with Crippen molar-refractivity contribution < 1.29 is 14.4 Å². The molecule has 8 heteroatoms. The summed E-state index contributed by atoms with van der Waals surface area (Å²) < 4.78 is 0. The Morgan fingerprint density at radius 3 is 2.63 bits per heavy atom. The van der Waals surface area contributed by atoms with Gasteiger partial charge in [-0.15, -0.1) is 0 Å². The first-order valence-electron chi connectivity index (χ1n) is 10.2. The summed E-state index contributed by atoms with van der Waals surface area (Å²) in [6, 6.07) is 12.3. The lowest BCUT2D eigenvalue weighted by Gasteiger charge is -2.22. The second kappa shape index (κ2) is 10.5. The Bertz CT molecular complexity index is 887. The lowest BCUT2D eigenvalue weighted by molar-refractivity contribution is -0.136. The van der Waals surface area contributed by atoms with Crippen molar-refractivity contribution in [3.05, 3.63) is 59.9 Å². The highest BCUT2D eigenvalue weighted by Crippen LogP contribution is 2.16. The standard InChI is InChI=1S/C22H27N5O3/c1-2-27-13-7-9-17(27)15-25-21(29)22(30)26-19-11-4-3-10-18(19)20(28)24-14-16-8-5-6-12-23-16/h3-6,8,10-12,17H,2,7,9,13-15H2,1H3,(H,24,28)(H,25,29)(H,26,30). The lowest BCUT2D eigenvalue weighted by atomic mass is 10.1. The van der Waals surface area contributed by atoms with Crippen molar-refractivity contribution >= 4 is 23.4 Å². The number of hydrogen-bond donors (Lipinski definition) is 3. The number of amides is 3. The number of para-hydroxylation sites is 1. The monoisotopic (exact) mass is 409 g/mol. The number of carbonyl (C=O) groups excluding carboxylic acids is 3. The average molecular weight is 409 g/mol. The molecule has 8 nitrogen and oxygen atoms in total. The van der Waals surface area contributed by atoms with E-state index < -0.39 is 11.8 Å². The number of hydrogen-bond acceptors (Lipinski definition) is 5. The van der Waals surface area contributed by atoms with E-state index in [9.17, 15) is 14.4 Å². The van der Waals surface area contributed by atoms with Gasteiger partial charge in [-0.3, -0.25) is 24.3 Å². The number of aromatic nitrogens is 1. The topological polar surface area (TPSA) is 103 Å². The molecule has 2 aromatic rings. The number of benzene rings is 1. The second-order valence-electron chi connectivity index (χ2n) is 7.14. The van der Waals surface area contributed by atoms with Crippen LogP contribution in [0, 0.1) is 0 Å². The fourth-order valence-corrected chi connectivity index (χ4v) is 3.57. The Balaban J connectivity index is 1.56. The Kier molecular flexibility index (Phi) is 7.51. The molecule has 0 aliphatic carbocycles. The molecule has 30 heavy (non-hydrogen) atoms. The number of likely N-dealkylation sites (tertiary alicyclic amines) is 1. The molecule has 1 aromatic carbocycles. The van der Waals surface area contributed by atoms with Gasteiger partial charge in [-0.1, -0.05) is 25.1 Å². The van der Waals surface area contributed by atoms with Crippen molar-refractivity contribution in [2.24, 2.45) is 0 Å². The van der Waals surface area contributed by atoms with E-state index in [4.69, 9.17) is 0 Å². The van der Waals surface area contributed by atoms with E-state index in [1.165, 1.54) is 0 Å². The molecule has 1 aromatic heterocycles. The summed E-state index contributed by atoms with van der Waals surface area (Å²) in [5.74, 6) is -1.86. The summed E-state index contributed by atoms with van der Waals surface area (Å²) in [4.78, 5) is 43.6. The van der Waals surface area contributed by atoms with Gasteiger partial charge in [-0.05, 0) is 50.2 Å². The van der Waals surface area contributed by atoms with Crippen LogP contribution in [0.1, 0.15) is 35.8 Å². The molecule has 1 aliphatic heterocycles. The molecule has 3 amide bonds. The van der Waals surface area contributed by atoms with Gasteiger partial charge < -0.3 is 16.0 Å². The van der Waals surface area contributed by atoms with Gasteiger partial charge in [0.25, 0.3) is 5.91 Å². The van der Waals surface area contributed by atoms with Crippen LogP contribution < -0.4 is 16.0 Å². The zero-order valence-electron chi connectivity index (χ0n) is 17.1. The molecule has 0 bridgehead atoms. The van der Waals surface area contributed by atoms with Crippen LogP contribution >= 0.6 is 0 Å². The van der Waals surface area contributed by atoms with Crippen molar-refractivity contribution in [3.8, 4) is 0 Å².